The van der Waals surface area contributed by atoms with Crippen LogP contribution in [-0.4, -0.2) is 29.1 Å². The van der Waals surface area contributed by atoms with E-state index in [0.29, 0.717) is 24.8 Å². The Kier molecular flexibility index (Phi) is 4.05. The van der Waals surface area contributed by atoms with Crippen LogP contribution >= 0.6 is 0 Å². The van der Waals surface area contributed by atoms with E-state index in [9.17, 15) is 14.7 Å². The van der Waals surface area contributed by atoms with Crippen molar-refractivity contribution in [1.29, 1.82) is 0 Å². The van der Waals surface area contributed by atoms with Crippen molar-refractivity contribution in [2.75, 3.05) is 0 Å². The average Bonchev–Trinajstić information content (AvgIpc) is 2.42. The Labute approximate surface area is 120 Å². The van der Waals surface area contributed by atoms with Gasteiger partial charge in [0.2, 0.25) is 0 Å². The van der Waals surface area contributed by atoms with Gasteiger partial charge in [0.15, 0.2) is 0 Å². The number of carbonyl (C=O) groups is 2. The third-order valence-electron chi connectivity index (χ3n) is 5.29. The highest BCUT2D eigenvalue weighted by molar-refractivity contribution is 5.73. The number of hydrogen-bond donors (Lipinski definition) is 1. The van der Waals surface area contributed by atoms with Gasteiger partial charge in [-0.1, -0.05) is 19.9 Å². The summed E-state index contributed by atoms with van der Waals surface area (Å²) >= 11 is 0. The largest absolute Gasteiger partial charge is 0.455 e. The van der Waals surface area contributed by atoms with Crippen LogP contribution in [0.3, 0.4) is 0 Å². The lowest BCUT2D eigenvalue weighted by atomic mass is 9.55. The minimum absolute atomic E-state index is 0.242. The number of esters is 1. The third kappa shape index (κ3) is 2.20. The van der Waals surface area contributed by atoms with E-state index in [0.717, 1.165) is 19.1 Å². The van der Waals surface area contributed by atoms with E-state index in [2.05, 4.69) is 6.92 Å². The van der Waals surface area contributed by atoms with Crippen molar-refractivity contribution < 1.29 is 19.4 Å². The molecule has 0 aromatic rings. The minimum Gasteiger partial charge on any atom is -0.455 e. The van der Waals surface area contributed by atoms with Gasteiger partial charge in [0.1, 0.15) is 11.9 Å². The lowest BCUT2D eigenvalue weighted by molar-refractivity contribution is -0.226. The smallest absolute Gasteiger partial charge is 0.306 e. The zero-order chi connectivity index (χ0) is 15.0. The molecular weight excluding hydrogens is 256 g/mol. The molecule has 4 atom stereocenters. The van der Waals surface area contributed by atoms with Crippen molar-refractivity contribution in [2.24, 2.45) is 11.3 Å². The summed E-state index contributed by atoms with van der Waals surface area (Å²) in [5.41, 5.74) is -0.773. The molecule has 1 aliphatic heterocycles. The van der Waals surface area contributed by atoms with Crippen LogP contribution in [0.1, 0.15) is 52.9 Å². The second-order valence-corrected chi connectivity index (χ2v) is 6.50. The predicted octanol–water partition coefficient (Wildman–Crippen LogP) is 2.39. The maximum absolute atomic E-state index is 11.8. The fraction of sp³-hybridized carbons (Fsp3) is 0.750. The Hall–Kier alpha value is -1.16. The SMILES string of the molecule is C/C(C=O)=C\[C@]1(C)[C@@H](C)CC[C@@H](O)[C@]12CCCC(=O)O2. The van der Waals surface area contributed by atoms with E-state index in [1.165, 1.54) is 0 Å². The lowest BCUT2D eigenvalue weighted by Gasteiger charge is -2.56. The Morgan fingerprint density at radius 3 is 2.75 bits per heavy atom. The molecular formula is C16H24O4. The molecule has 1 N–H and O–H groups in total. The second kappa shape index (κ2) is 5.32. The molecule has 112 valence electrons. The van der Waals surface area contributed by atoms with E-state index in [1.807, 2.05) is 13.0 Å². The molecule has 0 aromatic carbocycles. The number of aliphatic hydroxyl groups is 1. The van der Waals surface area contributed by atoms with Crippen molar-refractivity contribution in [3.05, 3.63) is 11.6 Å². The van der Waals surface area contributed by atoms with Crippen LogP contribution in [0.15, 0.2) is 11.6 Å². The molecule has 2 aliphatic rings. The summed E-state index contributed by atoms with van der Waals surface area (Å²) in [4.78, 5) is 22.8. The van der Waals surface area contributed by atoms with Gasteiger partial charge in [0.05, 0.1) is 6.10 Å². The first kappa shape index (κ1) is 15.2. The van der Waals surface area contributed by atoms with E-state index in [4.69, 9.17) is 4.74 Å². The number of aldehydes is 1. The summed E-state index contributed by atoms with van der Waals surface area (Å²) in [6, 6.07) is 0. The fourth-order valence-corrected chi connectivity index (χ4v) is 3.90. The first-order valence-electron chi connectivity index (χ1n) is 7.40. The van der Waals surface area contributed by atoms with E-state index in [-0.39, 0.29) is 11.9 Å². The number of allylic oxidation sites excluding steroid dienone is 1. The van der Waals surface area contributed by atoms with Crippen molar-refractivity contribution >= 4 is 12.3 Å². The predicted molar refractivity (Wildman–Crippen MR) is 75.0 cm³/mol. The molecule has 1 spiro atoms. The Morgan fingerprint density at radius 2 is 2.15 bits per heavy atom. The van der Waals surface area contributed by atoms with Gasteiger partial charge in [-0.25, -0.2) is 0 Å². The molecule has 0 radical (unpaired) electrons. The molecule has 1 aliphatic carbocycles. The second-order valence-electron chi connectivity index (χ2n) is 6.50. The molecule has 0 bridgehead atoms. The van der Waals surface area contributed by atoms with Gasteiger partial charge >= 0.3 is 5.97 Å². The molecule has 1 saturated heterocycles. The molecule has 0 unspecified atom stereocenters. The molecule has 2 rings (SSSR count). The highest BCUT2D eigenvalue weighted by atomic mass is 16.6. The third-order valence-corrected chi connectivity index (χ3v) is 5.29. The van der Waals surface area contributed by atoms with Crippen LogP contribution in [0.2, 0.25) is 0 Å². The van der Waals surface area contributed by atoms with E-state index >= 15 is 0 Å². The molecule has 1 heterocycles. The Balaban J connectivity index is 2.51. The van der Waals surface area contributed by atoms with Crippen LogP contribution in [0.25, 0.3) is 0 Å². The van der Waals surface area contributed by atoms with Crippen LogP contribution < -0.4 is 0 Å². The standard InChI is InChI=1S/C16H24O4/c1-11(10-17)9-15(3)12(2)6-7-13(18)16(15)8-4-5-14(19)20-16/h9-10,12-13,18H,4-8H2,1-3H3/b11-9+/t12-,13+,15+,16+/m0/s1. The molecule has 4 heteroatoms. The number of rotatable bonds is 2. The van der Waals surface area contributed by atoms with E-state index < -0.39 is 17.1 Å². The number of aliphatic hydroxyl groups excluding tert-OH is 1. The quantitative estimate of drug-likeness (QED) is 0.479. The van der Waals surface area contributed by atoms with Crippen molar-refractivity contribution in [3.63, 3.8) is 0 Å². The van der Waals surface area contributed by atoms with Gasteiger partial charge < -0.3 is 9.84 Å². The summed E-state index contributed by atoms with van der Waals surface area (Å²) in [6.07, 6.45) is 5.34. The normalized spacial score (nSPS) is 42.4. The molecule has 2 fully saturated rings. The number of hydrogen-bond acceptors (Lipinski definition) is 4. The van der Waals surface area contributed by atoms with E-state index in [1.54, 1.807) is 6.92 Å². The van der Waals surface area contributed by atoms with Gasteiger partial charge in [-0.3, -0.25) is 9.59 Å². The van der Waals surface area contributed by atoms with Gasteiger partial charge in [-0.2, -0.15) is 0 Å². The minimum atomic E-state index is -0.885. The van der Waals surface area contributed by atoms with Crippen LogP contribution in [0, 0.1) is 11.3 Å². The average molecular weight is 280 g/mol. The van der Waals surface area contributed by atoms with Gasteiger partial charge in [-0.15, -0.1) is 0 Å². The number of ether oxygens (including phenoxy) is 1. The van der Waals surface area contributed by atoms with Crippen molar-refractivity contribution in [3.8, 4) is 0 Å². The van der Waals surface area contributed by atoms with Crippen molar-refractivity contribution in [1.82, 2.24) is 0 Å². The molecule has 0 aromatic heterocycles. The van der Waals surface area contributed by atoms with Crippen LogP contribution in [0.4, 0.5) is 0 Å². The zero-order valence-corrected chi connectivity index (χ0v) is 12.5. The summed E-state index contributed by atoms with van der Waals surface area (Å²) in [7, 11) is 0. The van der Waals surface area contributed by atoms with Crippen LogP contribution in [-0.2, 0) is 14.3 Å². The summed E-state index contributed by atoms with van der Waals surface area (Å²) in [6.45, 7) is 5.86. The van der Waals surface area contributed by atoms with Gasteiger partial charge in [0.25, 0.3) is 0 Å². The first-order valence-corrected chi connectivity index (χ1v) is 7.40. The zero-order valence-electron chi connectivity index (χ0n) is 12.5. The highest BCUT2D eigenvalue weighted by Crippen LogP contribution is 2.55. The lowest BCUT2D eigenvalue weighted by Crippen LogP contribution is -2.63. The molecule has 0 amide bonds. The maximum Gasteiger partial charge on any atom is 0.306 e. The fourth-order valence-electron chi connectivity index (χ4n) is 3.90. The summed E-state index contributed by atoms with van der Waals surface area (Å²) in [5.74, 6) is -0.000480. The van der Waals surface area contributed by atoms with Gasteiger partial charge in [-0.05, 0) is 44.1 Å². The molecule has 1 saturated carbocycles. The monoisotopic (exact) mass is 280 g/mol. The molecule has 20 heavy (non-hydrogen) atoms. The Bertz CT molecular complexity index is 442. The first-order chi connectivity index (χ1) is 9.35. The topological polar surface area (TPSA) is 63.6 Å². The van der Waals surface area contributed by atoms with Crippen LogP contribution in [0.5, 0.6) is 0 Å². The van der Waals surface area contributed by atoms with Crippen molar-refractivity contribution in [2.45, 2.75) is 64.6 Å². The summed E-state index contributed by atoms with van der Waals surface area (Å²) < 4.78 is 5.71. The highest BCUT2D eigenvalue weighted by Gasteiger charge is 2.60. The molecule has 4 nitrogen and oxygen atoms in total. The maximum atomic E-state index is 11.8. The summed E-state index contributed by atoms with van der Waals surface area (Å²) in [5, 5.41) is 10.5. The Morgan fingerprint density at radius 1 is 1.45 bits per heavy atom. The van der Waals surface area contributed by atoms with Gasteiger partial charge in [0, 0.05) is 11.8 Å². The number of carbonyl (C=O) groups excluding carboxylic acids is 2.